The van der Waals surface area contributed by atoms with E-state index in [2.05, 4.69) is 10.2 Å². The number of fused-ring (bicyclic) bond motifs is 1. The lowest BCUT2D eigenvalue weighted by molar-refractivity contribution is -0.118. The third-order valence-electron chi connectivity index (χ3n) is 4.89. The van der Waals surface area contributed by atoms with Gasteiger partial charge in [-0.15, -0.1) is 0 Å². The standard InChI is InChI=1S/C17H23ClN2O/c18-15-7-3-4-8-16(15)19-17(21)12-20-10-9-13-5-1-2-6-14(13)11-20/h3-4,7-8,13-14H,1-2,5-6,9-12H2,(H,19,21)/t13-,14+/m0/s1. The fourth-order valence-electron chi connectivity index (χ4n) is 3.78. The Kier molecular flexibility index (Phi) is 4.81. The molecular weight excluding hydrogens is 284 g/mol. The van der Waals surface area contributed by atoms with E-state index in [-0.39, 0.29) is 5.91 Å². The van der Waals surface area contributed by atoms with E-state index in [9.17, 15) is 4.79 Å². The van der Waals surface area contributed by atoms with Crippen LogP contribution in [0.15, 0.2) is 24.3 Å². The molecule has 1 aliphatic carbocycles. The van der Waals surface area contributed by atoms with Crippen molar-refractivity contribution in [1.82, 2.24) is 4.90 Å². The van der Waals surface area contributed by atoms with Crippen LogP contribution in [0, 0.1) is 11.8 Å². The van der Waals surface area contributed by atoms with Gasteiger partial charge in [-0.2, -0.15) is 0 Å². The molecule has 1 saturated carbocycles. The molecule has 3 nitrogen and oxygen atoms in total. The van der Waals surface area contributed by atoms with E-state index in [0.717, 1.165) is 24.9 Å². The van der Waals surface area contributed by atoms with Gasteiger partial charge in [0.05, 0.1) is 17.3 Å². The van der Waals surface area contributed by atoms with Crippen molar-refractivity contribution in [3.05, 3.63) is 29.3 Å². The molecule has 0 aromatic heterocycles. The fraction of sp³-hybridized carbons (Fsp3) is 0.588. The van der Waals surface area contributed by atoms with Gasteiger partial charge < -0.3 is 5.32 Å². The molecule has 1 heterocycles. The number of hydrogen-bond acceptors (Lipinski definition) is 2. The molecule has 1 aliphatic heterocycles. The van der Waals surface area contributed by atoms with E-state index < -0.39 is 0 Å². The molecule has 1 saturated heterocycles. The number of carbonyl (C=O) groups excluding carboxylic acids is 1. The SMILES string of the molecule is O=C(CN1CC[C@@H]2CCCC[C@@H]2C1)Nc1ccccc1Cl. The Morgan fingerprint density at radius 2 is 1.95 bits per heavy atom. The number of benzene rings is 1. The molecule has 0 bridgehead atoms. The highest BCUT2D eigenvalue weighted by Crippen LogP contribution is 2.35. The molecular formula is C17H23ClN2O. The monoisotopic (exact) mass is 306 g/mol. The van der Waals surface area contributed by atoms with E-state index in [0.29, 0.717) is 17.3 Å². The first-order valence-electron chi connectivity index (χ1n) is 7.99. The lowest BCUT2D eigenvalue weighted by atomic mass is 9.75. The number of anilines is 1. The summed E-state index contributed by atoms with van der Waals surface area (Å²) in [6, 6.07) is 7.39. The van der Waals surface area contributed by atoms with Gasteiger partial charge in [0.15, 0.2) is 0 Å². The second-order valence-corrected chi connectivity index (χ2v) is 6.76. The number of halogens is 1. The van der Waals surface area contributed by atoms with Crippen LogP contribution >= 0.6 is 11.6 Å². The van der Waals surface area contributed by atoms with Crippen LogP contribution in [0.5, 0.6) is 0 Å². The Morgan fingerprint density at radius 1 is 1.19 bits per heavy atom. The maximum Gasteiger partial charge on any atom is 0.238 e. The second-order valence-electron chi connectivity index (χ2n) is 6.36. The van der Waals surface area contributed by atoms with Crippen molar-refractivity contribution in [2.45, 2.75) is 32.1 Å². The molecule has 1 aromatic rings. The zero-order valence-electron chi connectivity index (χ0n) is 12.4. The normalized spacial score (nSPS) is 26.1. The highest BCUT2D eigenvalue weighted by molar-refractivity contribution is 6.33. The number of hydrogen-bond donors (Lipinski definition) is 1. The van der Waals surface area contributed by atoms with Gasteiger partial charge in [-0.1, -0.05) is 43.0 Å². The van der Waals surface area contributed by atoms with Gasteiger partial charge >= 0.3 is 0 Å². The van der Waals surface area contributed by atoms with E-state index >= 15 is 0 Å². The Morgan fingerprint density at radius 3 is 2.76 bits per heavy atom. The summed E-state index contributed by atoms with van der Waals surface area (Å²) in [4.78, 5) is 14.5. The Labute approximate surface area is 131 Å². The van der Waals surface area contributed by atoms with Crippen molar-refractivity contribution in [2.24, 2.45) is 11.8 Å². The van der Waals surface area contributed by atoms with Crippen LogP contribution in [0.1, 0.15) is 32.1 Å². The molecule has 0 spiro atoms. The maximum absolute atomic E-state index is 12.2. The minimum atomic E-state index is 0.0392. The van der Waals surface area contributed by atoms with Crippen molar-refractivity contribution >= 4 is 23.2 Å². The maximum atomic E-state index is 12.2. The summed E-state index contributed by atoms with van der Waals surface area (Å²) in [7, 11) is 0. The summed E-state index contributed by atoms with van der Waals surface area (Å²) in [5.74, 6) is 1.75. The quantitative estimate of drug-likeness (QED) is 0.921. The van der Waals surface area contributed by atoms with Gasteiger partial charge in [-0.3, -0.25) is 9.69 Å². The topological polar surface area (TPSA) is 32.3 Å². The molecule has 4 heteroatoms. The van der Waals surface area contributed by atoms with Crippen LogP contribution in [0.3, 0.4) is 0 Å². The van der Waals surface area contributed by atoms with Gasteiger partial charge in [0.2, 0.25) is 5.91 Å². The first-order chi connectivity index (χ1) is 10.2. The number of rotatable bonds is 3. The number of carbonyl (C=O) groups is 1. The van der Waals surface area contributed by atoms with Crippen molar-refractivity contribution in [1.29, 1.82) is 0 Å². The lowest BCUT2D eigenvalue weighted by Crippen LogP contribution is -2.44. The molecule has 1 N–H and O–H groups in total. The average molecular weight is 307 g/mol. The summed E-state index contributed by atoms with van der Waals surface area (Å²) < 4.78 is 0. The van der Waals surface area contributed by atoms with Crippen molar-refractivity contribution < 1.29 is 4.79 Å². The molecule has 21 heavy (non-hydrogen) atoms. The number of likely N-dealkylation sites (tertiary alicyclic amines) is 1. The highest BCUT2D eigenvalue weighted by atomic mass is 35.5. The Bertz CT molecular complexity index is 505. The summed E-state index contributed by atoms with van der Waals surface area (Å²) in [5.41, 5.74) is 0.705. The first-order valence-corrected chi connectivity index (χ1v) is 8.37. The summed E-state index contributed by atoms with van der Waals surface area (Å²) in [6.45, 7) is 2.62. The van der Waals surface area contributed by atoms with Crippen molar-refractivity contribution in [3.8, 4) is 0 Å². The first kappa shape index (κ1) is 14.9. The summed E-state index contributed by atoms with van der Waals surface area (Å²) >= 11 is 6.07. The third kappa shape index (κ3) is 3.78. The Hall–Kier alpha value is -1.06. The van der Waals surface area contributed by atoms with Crippen LogP contribution in [0.25, 0.3) is 0 Å². The van der Waals surface area contributed by atoms with E-state index in [4.69, 9.17) is 11.6 Å². The minimum Gasteiger partial charge on any atom is -0.324 e. The molecule has 2 aliphatic rings. The zero-order valence-corrected chi connectivity index (χ0v) is 13.1. The fourth-order valence-corrected chi connectivity index (χ4v) is 3.96. The predicted molar refractivity (Wildman–Crippen MR) is 86.6 cm³/mol. The van der Waals surface area contributed by atoms with Crippen molar-refractivity contribution in [3.63, 3.8) is 0 Å². The zero-order chi connectivity index (χ0) is 14.7. The molecule has 1 aromatic carbocycles. The van der Waals surface area contributed by atoms with Gasteiger partial charge in [-0.05, 0) is 43.4 Å². The van der Waals surface area contributed by atoms with Crippen molar-refractivity contribution in [2.75, 3.05) is 25.0 Å². The summed E-state index contributed by atoms with van der Waals surface area (Å²) in [6.07, 6.45) is 6.75. The van der Waals surface area contributed by atoms with E-state index in [1.54, 1.807) is 6.07 Å². The van der Waals surface area contributed by atoms with Crippen LogP contribution in [0.2, 0.25) is 5.02 Å². The van der Waals surface area contributed by atoms with Crippen LogP contribution < -0.4 is 5.32 Å². The van der Waals surface area contributed by atoms with Gasteiger partial charge in [-0.25, -0.2) is 0 Å². The largest absolute Gasteiger partial charge is 0.324 e. The van der Waals surface area contributed by atoms with E-state index in [1.165, 1.54) is 32.1 Å². The van der Waals surface area contributed by atoms with Crippen LogP contribution in [-0.2, 0) is 4.79 Å². The van der Waals surface area contributed by atoms with E-state index in [1.807, 2.05) is 18.2 Å². The number of nitrogens with zero attached hydrogens (tertiary/aromatic N) is 1. The minimum absolute atomic E-state index is 0.0392. The molecule has 1 amide bonds. The Balaban J connectivity index is 1.52. The summed E-state index contributed by atoms with van der Waals surface area (Å²) in [5, 5.41) is 3.51. The highest BCUT2D eigenvalue weighted by Gasteiger charge is 2.31. The average Bonchev–Trinajstić information content (AvgIpc) is 2.49. The third-order valence-corrected chi connectivity index (χ3v) is 5.22. The molecule has 2 atom stereocenters. The van der Waals surface area contributed by atoms with Crippen LogP contribution in [0.4, 0.5) is 5.69 Å². The smallest absolute Gasteiger partial charge is 0.238 e. The van der Waals surface area contributed by atoms with Gasteiger partial charge in [0.1, 0.15) is 0 Å². The molecule has 2 fully saturated rings. The van der Waals surface area contributed by atoms with Gasteiger partial charge in [0.25, 0.3) is 0 Å². The number of para-hydroxylation sites is 1. The molecule has 114 valence electrons. The molecule has 0 unspecified atom stereocenters. The molecule has 0 radical (unpaired) electrons. The van der Waals surface area contributed by atoms with Crippen LogP contribution in [-0.4, -0.2) is 30.4 Å². The predicted octanol–water partition coefficient (Wildman–Crippen LogP) is 3.79. The van der Waals surface area contributed by atoms with Gasteiger partial charge in [0, 0.05) is 6.54 Å². The number of nitrogens with one attached hydrogen (secondary N) is 1. The molecule has 3 rings (SSSR count). The lowest BCUT2D eigenvalue weighted by Gasteiger charge is -2.41. The second kappa shape index (κ2) is 6.80. The number of amides is 1. The number of piperidine rings is 1.